The van der Waals surface area contributed by atoms with Gasteiger partial charge in [-0.05, 0) is 47.1 Å². The van der Waals surface area contributed by atoms with Gasteiger partial charge in [-0.1, -0.05) is 26.8 Å². The van der Waals surface area contributed by atoms with Crippen LogP contribution in [-0.4, -0.2) is 16.5 Å². The lowest BCUT2D eigenvalue weighted by Crippen LogP contribution is -2.42. The van der Waals surface area contributed by atoms with Gasteiger partial charge >= 0.3 is 0 Å². The molecule has 0 saturated carbocycles. The smallest absolute Gasteiger partial charge is 0.271 e. The highest BCUT2D eigenvalue weighted by molar-refractivity contribution is 8.01. The van der Waals surface area contributed by atoms with Crippen LogP contribution in [0.5, 0.6) is 0 Å². The number of benzene rings is 1. The molecule has 9 heteroatoms. The first-order chi connectivity index (χ1) is 16.1. The van der Waals surface area contributed by atoms with Gasteiger partial charge in [-0.15, -0.1) is 23.1 Å². The fourth-order valence-electron chi connectivity index (χ4n) is 4.81. The Morgan fingerprint density at radius 3 is 2.74 bits per heavy atom. The van der Waals surface area contributed by atoms with E-state index >= 15 is 0 Å². The maximum absolute atomic E-state index is 13.7. The monoisotopic (exact) mass is 494 g/mol. The van der Waals surface area contributed by atoms with Crippen molar-refractivity contribution in [3.63, 3.8) is 0 Å². The van der Waals surface area contributed by atoms with Gasteiger partial charge in [0.1, 0.15) is 5.82 Å². The van der Waals surface area contributed by atoms with Crippen molar-refractivity contribution < 1.29 is 9.72 Å². The molecule has 1 unspecified atom stereocenters. The van der Waals surface area contributed by atoms with Gasteiger partial charge in [0, 0.05) is 29.8 Å². The second kappa shape index (κ2) is 8.93. The summed E-state index contributed by atoms with van der Waals surface area (Å²) in [4.78, 5) is 26.4. The van der Waals surface area contributed by atoms with Crippen molar-refractivity contribution >= 4 is 40.3 Å². The van der Waals surface area contributed by atoms with Crippen molar-refractivity contribution in [2.45, 2.75) is 50.7 Å². The molecular formula is C25H26N4O3S2. The van der Waals surface area contributed by atoms with E-state index in [4.69, 9.17) is 5.73 Å². The van der Waals surface area contributed by atoms with Gasteiger partial charge in [-0.3, -0.25) is 19.8 Å². The van der Waals surface area contributed by atoms with Gasteiger partial charge < -0.3 is 5.73 Å². The summed E-state index contributed by atoms with van der Waals surface area (Å²) in [5.41, 5.74) is 10.1. The fourth-order valence-corrected chi connectivity index (χ4v) is 6.88. The number of anilines is 1. The van der Waals surface area contributed by atoms with E-state index in [0.717, 1.165) is 26.8 Å². The number of thioether (sulfide) groups is 1. The molecular weight excluding hydrogens is 468 g/mol. The number of nitrogens with two attached hydrogens (primary N) is 1. The Kier molecular flexibility index (Phi) is 6.32. The van der Waals surface area contributed by atoms with Crippen molar-refractivity contribution in [1.82, 2.24) is 0 Å². The number of Topliss-reactive ketones (excluding diaryl/α,β-unsaturated/α-hetero) is 1. The highest BCUT2D eigenvalue weighted by Crippen LogP contribution is 2.52. The standard InChI is InChI=1S/C25H26N4O3S2/c1-5-33-24-16(8-9-34-24)21-17(13-26)23(27)28(18-10-15(29(31)32)7-6-14(18)2)19-11-25(3,4)12-20(30)22(19)21/h6-10,21H,5,11-12,27H2,1-4H3. The lowest BCUT2D eigenvalue weighted by atomic mass is 9.69. The fraction of sp³-hybridized carbons (Fsp3) is 0.360. The predicted molar refractivity (Wildman–Crippen MR) is 136 cm³/mol. The molecule has 1 aliphatic carbocycles. The average Bonchev–Trinajstić information content (AvgIpc) is 3.21. The van der Waals surface area contributed by atoms with Crippen LogP contribution in [-0.2, 0) is 4.79 Å². The molecule has 34 heavy (non-hydrogen) atoms. The third kappa shape index (κ3) is 4.01. The Bertz CT molecular complexity index is 1300. The van der Waals surface area contributed by atoms with E-state index in [1.807, 2.05) is 32.2 Å². The molecule has 1 aromatic carbocycles. The molecule has 7 nitrogen and oxygen atoms in total. The second-order valence-electron chi connectivity index (χ2n) is 9.30. The highest BCUT2D eigenvalue weighted by Gasteiger charge is 2.45. The van der Waals surface area contributed by atoms with E-state index in [2.05, 4.69) is 13.0 Å². The quantitative estimate of drug-likeness (QED) is 0.307. The Morgan fingerprint density at radius 2 is 2.09 bits per heavy atom. The van der Waals surface area contributed by atoms with Crippen molar-refractivity contribution in [3.05, 3.63) is 73.6 Å². The number of non-ortho nitro benzene ring substituents is 1. The largest absolute Gasteiger partial charge is 0.384 e. The van der Waals surface area contributed by atoms with E-state index in [1.54, 1.807) is 34.1 Å². The Morgan fingerprint density at radius 1 is 1.35 bits per heavy atom. The number of ketones is 1. The summed E-state index contributed by atoms with van der Waals surface area (Å²) in [6.45, 7) is 7.97. The van der Waals surface area contributed by atoms with E-state index < -0.39 is 10.8 Å². The predicted octanol–water partition coefficient (Wildman–Crippen LogP) is 6.02. The normalized spacial score (nSPS) is 19.8. The molecule has 1 atom stereocenters. The van der Waals surface area contributed by atoms with E-state index in [9.17, 15) is 20.2 Å². The first kappa shape index (κ1) is 24.0. The summed E-state index contributed by atoms with van der Waals surface area (Å²) < 4.78 is 1.07. The zero-order valence-corrected chi connectivity index (χ0v) is 21.2. The van der Waals surface area contributed by atoms with E-state index in [1.165, 1.54) is 12.1 Å². The number of hydrogen-bond donors (Lipinski definition) is 1. The maximum atomic E-state index is 13.7. The number of nitro benzene ring substituents is 1. The van der Waals surface area contributed by atoms with Crippen LogP contribution in [0, 0.1) is 33.8 Å². The van der Waals surface area contributed by atoms with Gasteiger partial charge in [0.15, 0.2) is 5.78 Å². The van der Waals surface area contributed by atoms with Gasteiger partial charge in [-0.25, -0.2) is 0 Å². The number of nitro groups is 1. The molecule has 0 bridgehead atoms. The molecule has 2 heterocycles. The van der Waals surface area contributed by atoms with Gasteiger partial charge in [0.05, 0.1) is 32.4 Å². The maximum Gasteiger partial charge on any atom is 0.271 e. The molecule has 0 amide bonds. The molecule has 176 valence electrons. The summed E-state index contributed by atoms with van der Waals surface area (Å²) in [6.07, 6.45) is 0.926. The van der Waals surface area contributed by atoms with Crippen molar-refractivity contribution in [2.75, 3.05) is 10.7 Å². The minimum absolute atomic E-state index is 0.0109. The van der Waals surface area contributed by atoms with Gasteiger partial charge in [-0.2, -0.15) is 5.26 Å². The third-order valence-electron chi connectivity index (χ3n) is 6.27. The number of aryl methyl sites for hydroxylation is 1. The Balaban J connectivity index is 2.03. The summed E-state index contributed by atoms with van der Waals surface area (Å²) in [7, 11) is 0. The average molecular weight is 495 g/mol. The number of thiophene rings is 1. The number of hydrogen-bond acceptors (Lipinski definition) is 8. The van der Waals surface area contributed by atoms with E-state index in [0.29, 0.717) is 29.7 Å². The van der Waals surface area contributed by atoms with Crippen molar-refractivity contribution in [2.24, 2.45) is 11.1 Å². The molecule has 1 aliphatic heterocycles. The molecule has 1 aromatic heterocycles. The second-order valence-corrected chi connectivity index (χ2v) is 11.8. The van der Waals surface area contributed by atoms with Crippen LogP contribution < -0.4 is 10.6 Å². The zero-order chi connectivity index (χ0) is 24.8. The number of rotatable bonds is 5. The Hall–Kier alpha value is -3.09. The van der Waals surface area contributed by atoms with Crippen LogP contribution in [0.4, 0.5) is 11.4 Å². The third-order valence-corrected chi connectivity index (χ3v) is 8.42. The summed E-state index contributed by atoms with van der Waals surface area (Å²) in [5, 5.41) is 23.7. The number of carbonyl (C=O) groups excluding carboxylic acids is 1. The summed E-state index contributed by atoms with van der Waals surface area (Å²) >= 11 is 3.28. The minimum atomic E-state index is -0.542. The number of nitriles is 1. The van der Waals surface area contributed by atoms with Gasteiger partial charge in [0.2, 0.25) is 0 Å². The minimum Gasteiger partial charge on any atom is -0.384 e. The van der Waals surface area contributed by atoms with Gasteiger partial charge in [0.25, 0.3) is 5.69 Å². The molecule has 2 aromatic rings. The topological polar surface area (TPSA) is 113 Å². The molecule has 0 fully saturated rings. The molecule has 2 N–H and O–H groups in total. The van der Waals surface area contributed by atoms with Crippen LogP contribution in [0.1, 0.15) is 50.7 Å². The highest BCUT2D eigenvalue weighted by atomic mass is 32.2. The Labute approximate surface area is 207 Å². The molecule has 0 spiro atoms. The van der Waals surface area contributed by atoms with Crippen LogP contribution in [0.15, 0.2) is 56.5 Å². The zero-order valence-electron chi connectivity index (χ0n) is 19.5. The lowest BCUT2D eigenvalue weighted by Gasteiger charge is -2.44. The summed E-state index contributed by atoms with van der Waals surface area (Å²) in [5.74, 6) is 0.536. The number of allylic oxidation sites excluding steroid dienone is 3. The van der Waals surface area contributed by atoms with E-state index in [-0.39, 0.29) is 22.7 Å². The van der Waals surface area contributed by atoms with Crippen LogP contribution >= 0.6 is 23.1 Å². The lowest BCUT2D eigenvalue weighted by molar-refractivity contribution is -0.384. The molecule has 0 radical (unpaired) electrons. The van der Waals surface area contributed by atoms with Crippen molar-refractivity contribution in [1.29, 1.82) is 5.26 Å². The number of nitrogens with zero attached hydrogens (tertiary/aromatic N) is 3. The molecule has 0 saturated heterocycles. The number of carbonyl (C=O) groups is 1. The molecule has 4 rings (SSSR count). The first-order valence-electron chi connectivity index (χ1n) is 11.0. The SMILES string of the molecule is CCSc1sccc1C1C(C#N)=C(N)N(c2cc([N+](=O)[O-])ccc2C)C2=C1C(=O)CC(C)(C)C2. The first-order valence-corrected chi connectivity index (χ1v) is 12.9. The van der Waals surface area contributed by atoms with Crippen LogP contribution in [0.3, 0.4) is 0 Å². The summed E-state index contributed by atoms with van der Waals surface area (Å²) in [6, 6.07) is 8.84. The van der Waals surface area contributed by atoms with Crippen LogP contribution in [0.2, 0.25) is 0 Å². The van der Waals surface area contributed by atoms with Crippen molar-refractivity contribution in [3.8, 4) is 6.07 Å². The molecule has 2 aliphatic rings. The van der Waals surface area contributed by atoms with Crippen LogP contribution in [0.25, 0.3) is 0 Å².